The molecule has 0 aromatic carbocycles. The maximum atomic E-state index is 10.4. The van der Waals surface area contributed by atoms with E-state index in [0.29, 0.717) is 6.26 Å². The minimum atomic E-state index is -3.92. The summed E-state index contributed by atoms with van der Waals surface area (Å²) in [6, 6.07) is 0. The zero-order valence-electron chi connectivity index (χ0n) is 7.75. The predicted molar refractivity (Wildman–Crippen MR) is 43.3 cm³/mol. The van der Waals surface area contributed by atoms with Crippen LogP contribution < -0.4 is 5.73 Å². The van der Waals surface area contributed by atoms with Gasteiger partial charge in [-0.2, -0.15) is 0 Å². The molecule has 0 atom stereocenters. The van der Waals surface area contributed by atoms with Crippen LogP contribution in [0.5, 0.6) is 0 Å². The number of carbonyl (C=O) groups excluding carboxylic acids is 1. The molecule has 0 aromatic rings. The molecule has 3 N–H and O–H groups in total. The lowest BCUT2D eigenvalue weighted by Crippen LogP contribution is -2.72. The van der Waals surface area contributed by atoms with Crippen molar-refractivity contribution in [2.75, 3.05) is 6.26 Å². The summed E-state index contributed by atoms with van der Waals surface area (Å²) < 4.78 is 27.2. The fourth-order valence-corrected chi connectivity index (χ4v) is 0. The molecule has 0 radical (unpaired) electrons. The zero-order chi connectivity index (χ0) is 10.6. The van der Waals surface area contributed by atoms with Crippen molar-refractivity contribution >= 4 is 15.9 Å². The Morgan fingerprint density at radius 1 is 1.42 bits per heavy atom. The molecule has 0 saturated carbocycles. The first-order valence-corrected chi connectivity index (χ1v) is 5.03. The maximum absolute atomic E-state index is 10.4. The highest BCUT2D eigenvalue weighted by Gasteiger charge is 2.20. The third-order valence-electron chi connectivity index (χ3n) is 0.953. The highest BCUT2D eigenvalue weighted by atomic mass is 32.2. The van der Waals surface area contributed by atoms with Crippen molar-refractivity contribution < 1.29 is 23.5 Å². The van der Waals surface area contributed by atoms with Crippen LogP contribution in [0.1, 0.15) is 20.8 Å². The van der Waals surface area contributed by atoms with Crippen LogP contribution in [-0.4, -0.2) is 30.5 Å². The van der Waals surface area contributed by atoms with Gasteiger partial charge in [-0.3, -0.25) is 4.79 Å². The molecule has 0 unspecified atom stereocenters. The van der Waals surface area contributed by atoms with Gasteiger partial charge in [-0.15, -0.1) is 0 Å². The van der Waals surface area contributed by atoms with Gasteiger partial charge in [0.25, 0.3) is 0 Å². The molecule has 0 amide bonds. The van der Waals surface area contributed by atoms with Gasteiger partial charge in [0, 0.05) is 13.2 Å². The van der Waals surface area contributed by atoms with E-state index in [9.17, 15) is 4.79 Å². The van der Waals surface area contributed by atoms with Gasteiger partial charge in [-0.05, 0) is 13.8 Å². The topological polar surface area (TPSA) is 102 Å². The Hall–Kier alpha value is -0.460. The van der Waals surface area contributed by atoms with Crippen LogP contribution in [0.15, 0.2) is 0 Å². The van der Waals surface area contributed by atoms with Crippen LogP contribution in [0.2, 0.25) is 0 Å². The van der Waals surface area contributed by atoms with Crippen LogP contribution in [-0.2, 0) is 14.9 Å². The second kappa shape index (κ2) is 4.54. The first kappa shape index (κ1) is 14.1. The van der Waals surface area contributed by atoms with Gasteiger partial charge in [0.05, 0.1) is 10.1 Å². The number of hydrogen-bond acceptors (Lipinski definition) is 4. The van der Waals surface area contributed by atoms with Gasteiger partial charge >= 0.3 is 0 Å². The third kappa shape index (κ3) is 22.7. The second-order valence-electron chi connectivity index (χ2n) is 3.14. The molecule has 0 saturated heterocycles. The van der Waals surface area contributed by atoms with Crippen LogP contribution in [0.3, 0.4) is 0 Å². The van der Waals surface area contributed by atoms with Crippen LogP contribution in [0, 0.1) is 0 Å². The molecule has 6 heteroatoms. The van der Waals surface area contributed by atoms with E-state index < -0.39 is 10.1 Å². The average Bonchev–Trinajstić information content (AvgIpc) is 1.55. The number of Topliss-reactive ketones (excluding diaryl/α,β-unsaturated/α-hetero) is 1. The fraction of sp³-hybridized carbons (Fsp3) is 0.833. The maximum Gasteiger partial charge on any atom is 0.189 e. The Balaban J connectivity index is 0. The molecule has 0 heterocycles. The molecule has 12 heavy (non-hydrogen) atoms. The summed E-state index contributed by atoms with van der Waals surface area (Å²) in [5.74, 6) is 0.132. The highest BCUT2D eigenvalue weighted by molar-refractivity contribution is 7.84. The monoisotopic (exact) mass is 197 g/mol. The van der Waals surface area contributed by atoms with E-state index in [1.54, 1.807) is 20.8 Å². The summed E-state index contributed by atoms with van der Waals surface area (Å²) in [6.07, 6.45) is 0.604. The van der Waals surface area contributed by atoms with Gasteiger partial charge in [0.2, 0.25) is 0 Å². The zero-order valence-corrected chi connectivity index (χ0v) is 8.56. The lowest BCUT2D eigenvalue weighted by molar-refractivity contribution is -0.445. The van der Waals surface area contributed by atoms with Gasteiger partial charge in [0.15, 0.2) is 5.78 Å². The van der Waals surface area contributed by atoms with Gasteiger partial charge in [-0.1, -0.05) is 0 Å². The summed E-state index contributed by atoms with van der Waals surface area (Å²) in [6.45, 7) is 5.15. The quantitative estimate of drug-likeness (QED) is 0.531. The second-order valence-corrected chi connectivity index (χ2v) is 4.55. The summed E-state index contributed by atoms with van der Waals surface area (Å²) in [5.41, 5.74) is 3.23. The Labute approximate surface area is 72.7 Å². The van der Waals surface area contributed by atoms with Gasteiger partial charge in [-0.25, -0.2) is 8.42 Å². The fourth-order valence-electron chi connectivity index (χ4n) is 0. The van der Waals surface area contributed by atoms with E-state index in [4.69, 9.17) is 13.0 Å². The molecule has 0 aliphatic heterocycles. The van der Waals surface area contributed by atoms with Crippen molar-refractivity contribution in [2.45, 2.75) is 26.3 Å². The Morgan fingerprint density at radius 2 is 1.50 bits per heavy atom. The van der Waals surface area contributed by atoms with E-state index >= 15 is 0 Å². The van der Waals surface area contributed by atoms with Crippen molar-refractivity contribution in [3.63, 3.8) is 0 Å². The van der Waals surface area contributed by atoms with Crippen molar-refractivity contribution in [2.24, 2.45) is 0 Å². The summed E-state index contributed by atoms with van der Waals surface area (Å²) in [4.78, 5) is 10.4. The normalized spacial score (nSPS) is 11.5. The van der Waals surface area contributed by atoms with E-state index in [0.717, 1.165) is 0 Å². The van der Waals surface area contributed by atoms with Crippen LogP contribution >= 0.6 is 0 Å². The van der Waals surface area contributed by atoms with Crippen molar-refractivity contribution in [1.29, 1.82) is 0 Å². The van der Waals surface area contributed by atoms with Crippen LogP contribution in [0.4, 0.5) is 0 Å². The number of quaternary nitrogens is 1. The van der Waals surface area contributed by atoms with Gasteiger partial charge < -0.3 is 10.3 Å². The predicted octanol–water partition coefficient (Wildman–Crippen LogP) is -1.24. The summed E-state index contributed by atoms with van der Waals surface area (Å²) in [5, 5.41) is 0. The molecule has 0 spiro atoms. The molecule has 5 nitrogen and oxygen atoms in total. The molecule has 0 aliphatic rings. The Bertz CT molecular complexity index is 229. The van der Waals surface area contributed by atoms with Crippen molar-refractivity contribution in [3.8, 4) is 0 Å². The number of hydrogen-bond donors (Lipinski definition) is 1. The molecule has 0 bridgehead atoms. The van der Waals surface area contributed by atoms with Crippen LogP contribution in [0.25, 0.3) is 0 Å². The SMILES string of the molecule is CC(=O)C(C)(C)[NH3+].CS(=O)(=O)[O-]. The first-order chi connectivity index (χ1) is 4.94. The summed E-state index contributed by atoms with van der Waals surface area (Å²) in [7, 11) is -3.92. The van der Waals surface area contributed by atoms with Crippen molar-refractivity contribution in [1.82, 2.24) is 0 Å². The molecular formula is C6H15NO4S. The smallest absolute Gasteiger partial charge is 0.189 e. The first-order valence-electron chi connectivity index (χ1n) is 3.22. The lowest BCUT2D eigenvalue weighted by Gasteiger charge is -2.07. The molecule has 0 fully saturated rings. The van der Waals surface area contributed by atoms with Gasteiger partial charge in [0.1, 0.15) is 5.54 Å². The minimum absolute atomic E-state index is 0.132. The highest BCUT2D eigenvalue weighted by Crippen LogP contribution is 1.91. The Kier molecular flexibility index (Phi) is 5.33. The minimum Gasteiger partial charge on any atom is -0.748 e. The van der Waals surface area contributed by atoms with E-state index in [2.05, 4.69) is 5.73 Å². The molecule has 0 aromatic heterocycles. The standard InChI is InChI=1S/C5H11NO.CH4O3S/c1-4(7)5(2,3)6;1-5(2,3)4/h6H2,1-3H3;1H3,(H,2,3,4). The Morgan fingerprint density at radius 3 is 1.50 bits per heavy atom. The molecule has 74 valence electrons. The molecular weight excluding hydrogens is 182 g/mol. The van der Waals surface area contributed by atoms with E-state index in [-0.39, 0.29) is 11.3 Å². The number of carbonyl (C=O) groups is 1. The molecule has 0 rings (SSSR count). The van der Waals surface area contributed by atoms with E-state index in [1.807, 2.05) is 0 Å². The number of rotatable bonds is 1. The third-order valence-corrected chi connectivity index (χ3v) is 0.953. The molecule has 0 aliphatic carbocycles. The average molecular weight is 197 g/mol. The van der Waals surface area contributed by atoms with E-state index in [1.165, 1.54) is 0 Å². The van der Waals surface area contributed by atoms with Crippen molar-refractivity contribution in [3.05, 3.63) is 0 Å². The summed E-state index contributed by atoms with van der Waals surface area (Å²) >= 11 is 0. The number of ketones is 1. The largest absolute Gasteiger partial charge is 0.748 e. The lowest BCUT2D eigenvalue weighted by atomic mass is 10.0.